The monoisotopic (exact) mass is 460 g/mol. The van der Waals surface area contributed by atoms with Crippen LogP contribution in [-0.4, -0.2) is 39.6 Å². The van der Waals surface area contributed by atoms with Gasteiger partial charge in [-0.05, 0) is 65.0 Å². The predicted octanol–water partition coefficient (Wildman–Crippen LogP) is 4.71. The van der Waals surface area contributed by atoms with Crippen LogP contribution in [0, 0.1) is 11.8 Å². The lowest BCUT2D eigenvalue weighted by Crippen LogP contribution is -2.56. The highest BCUT2D eigenvalue weighted by molar-refractivity contribution is 6.03. The number of hydrogen-bond acceptors (Lipinski definition) is 6. The molecule has 0 amide bonds. The van der Waals surface area contributed by atoms with E-state index < -0.39 is 52.3 Å². The molecular formula is C27H40O6. The van der Waals surface area contributed by atoms with E-state index in [4.69, 9.17) is 9.47 Å². The molecular weight excluding hydrogens is 420 g/mol. The number of ketones is 1. The van der Waals surface area contributed by atoms with Crippen LogP contribution in [0.25, 0.3) is 0 Å². The quantitative estimate of drug-likeness (QED) is 0.519. The molecule has 184 valence electrons. The summed E-state index contributed by atoms with van der Waals surface area (Å²) in [6.45, 7) is 18.1. The minimum absolute atomic E-state index is 0.0957. The SMILES string of the molecule is CC(C)(C)OC(=O)[C@@H]1C(=O)C[C@](C)(O)[C@@H](C(=O)OC(C)(C)C)[C@H]1c1ccc(C(C)(C)C)cc1. The molecule has 0 aromatic heterocycles. The number of esters is 2. The van der Waals surface area contributed by atoms with Crippen LogP contribution in [0.2, 0.25) is 0 Å². The number of aliphatic hydroxyl groups is 1. The molecule has 1 N–H and O–H groups in total. The third kappa shape index (κ3) is 6.66. The lowest BCUT2D eigenvalue weighted by molar-refractivity contribution is -0.182. The second kappa shape index (κ2) is 8.86. The van der Waals surface area contributed by atoms with Crippen molar-refractivity contribution in [3.05, 3.63) is 35.4 Å². The molecule has 1 fully saturated rings. The van der Waals surface area contributed by atoms with Gasteiger partial charge in [-0.15, -0.1) is 0 Å². The van der Waals surface area contributed by atoms with E-state index >= 15 is 0 Å². The number of carbonyl (C=O) groups excluding carboxylic acids is 3. The van der Waals surface area contributed by atoms with Crippen molar-refractivity contribution in [3.8, 4) is 0 Å². The Morgan fingerprint density at radius 1 is 0.879 bits per heavy atom. The number of rotatable bonds is 3. The third-order valence-corrected chi connectivity index (χ3v) is 5.75. The Kier molecular flexibility index (Phi) is 7.26. The first-order valence-corrected chi connectivity index (χ1v) is 11.5. The van der Waals surface area contributed by atoms with E-state index in [0.29, 0.717) is 5.56 Å². The summed E-state index contributed by atoms with van der Waals surface area (Å²) in [6, 6.07) is 7.52. The number of carbonyl (C=O) groups is 3. The van der Waals surface area contributed by atoms with Crippen LogP contribution in [0.15, 0.2) is 24.3 Å². The van der Waals surface area contributed by atoms with Gasteiger partial charge in [0.25, 0.3) is 0 Å². The second-order valence-electron chi connectivity index (χ2n) is 12.4. The highest BCUT2D eigenvalue weighted by atomic mass is 16.6. The van der Waals surface area contributed by atoms with E-state index in [9.17, 15) is 19.5 Å². The van der Waals surface area contributed by atoms with E-state index in [-0.39, 0.29) is 11.8 Å². The van der Waals surface area contributed by atoms with Gasteiger partial charge < -0.3 is 14.6 Å². The van der Waals surface area contributed by atoms with Crippen molar-refractivity contribution in [1.82, 2.24) is 0 Å². The highest BCUT2D eigenvalue weighted by Crippen LogP contribution is 2.47. The van der Waals surface area contributed by atoms with Crippen LogP contribution in [0.3, 0.4) is 0 Å². The molecule has 0 radical (unpaired) electrons. The van der Waals surface area contributed by atoms with Crippen molar-refractivity contribution in [3.63, 3.8) is 0 Å². The van der Waals surface area contributed by atoms with E-state index in [1.54, 1.807) is 41.5 Å². The summed E-state index contributed by atoms with van der Waals surface area (Å²) in [4.78, 5) is 39.8. The molecule has 0 aliphatic heterocycles. The lowest BCUT2D eigenvalue weighted by Gasteiger charge is -2.44. The number of hydrogen-bond donors (Lipinski definition) is 1. The number of Topliss-reactive ketones (excluding diaryl/α,β-unsaturated/α-hetero) is 1. The van der Waals surface area contributed by atoms with Gasteiger partial charge in [0, 0.05) is 12.3 Å². The fourth-order valence-corrected chi connectivity index (χ4v) is 4.35. The van der Waals surface area contributed by atoms with E-state index in [0.717, 1.165) is 5.56 Å². The van der Waals surface area contributed by atoms with Gasteiger partial charge in [-0.3, -0.25) is 14.4 Å². The average Bonchev–Trinajstić information content (AvgIpc) is 2.56. The molecule has 2 rings (SSSR count). The maximum absolute atomic E-state index is 13.4. The predicted molar refractivity (Wildman–Crippen MR) is 127 cm³/mol. The van der Waals surface area contributed by atoms with Crippen molar-refractivity contribution in [2.45, 2.75) is 104 Å². The Hall–Kier alpha value is -2.21. The Labute approximate surface area is 198 Å². The zero-order valence-corrected chi connectivity index (χ0v) is 21.7. The minimum atomic E-state index is -1.68. The first-order chi connectivity index (χ1) is 14.7. The molecule has 0 spiro atoms. The molecule has 0 heterocycles. The molecule has 4 atom stereocenters. The van der Waals surface area contributed by atoms with Gasteiger partial charge in [0.05, 0.1) is 11.5 Å². The fourth-order valence-electron chi connectivity index (χ4n) is 4.35. The van der Waals surface area contributed by atoms with Gasteiger partial charge in [0.2, 0.25) is 0 Å². The van der Waals surface area contributed by atoms with Crippen molar-refractivity contribution in [1.29, 1.82) is 0 Å². The Morgan fingerprint density at radius 2 is 1.33 bits per heavy atom. The lowest BCUT2D eigenvalue weighted by atomic mass is 9.61. The zero-order valence-electron chi connectivity index (χ0n) is 21.7. The Morgan fingerprint density at radius 3 is 1.76 bits per heavy atom. The minimum Gasteiger partial charge on any atom is -0.460 e. The van der Waals surface area contributed by atoms with Gasteiger partial charge in [-0.1, -0.05) is 45.0 Å². The Bertz CT molecular complexity index is 891. The van der Waals surface area contributed by atoms with Gasteiger partial charge in [0.15, 0.2) is 5.78 Å². The molecule has 0 saturated heterocycles. The molecule has 33 heavy (non-hydrogen) atoms. The molecule has 1 aliphatic carbocycles. The van der Waals surface area contributed by atoms with Crippen LogP contribution >= 0.6 is 0 Å². The van der Waals surface area contributed by atoms with E-state index in [1.165, 1.54) is 6.92 Å². The summed E-state index contributed by atoms with van der Waals surface area (Å²) in [5, 5.41) is 11.2. The summed E-state index contributed by atoms with van der Waals surface area (Å²) in [5.41, 5.74) is -1.69. The fraction of sp³-hybridized carbons (Fsp3) is 0.667. The smallest absolute Gasteiger partial charge is 0.317 e. The van der Waals surface area contributed by atoms with Crippen molar-refractivity contribution < 1.29 is 29.0 Å². The van der Waals surface area contributed by atoms with E-state index in [2.05, 4.69) is 20.8 Å². The molecule has 6 heteroatoms. The molecule has 0 unspecified atom stereocenters. The van der Waals surface area contributed by atoms with Crippen LogP contribution in [0.1, 0.15) is 92.7 Å². The maximum atomic E-state index is 13.4. The van der Waals surface area contributed by atoms with Gasteiger partial charge in [0.1, 0.15) is 17.1 Å². The summed E-state index contributed by atoms with van der Waals surface area (Å²) in [5.74, 6) is -5.03. The summed E-state index contributed by atoms with van der Waals surface area (Å²) in [7, 11) is 0. The summed E-state index contributed by atoms with van der Waals surface area (Å²) >= 11 is 0. The normalized spacial score (nSPS) is 26.6. The van der Waals surface area contributed by atoms with Crippen LogP contribution < -0.4 is 0 Å². The largest absolute Gasteiger partial charge is 0.460 e. The van der Waals surface area contributed by atoms with Crippen LogP contribution in [0.5, 0.6) is 0 Å². The maximum Gasteiger partial charge on any atom is 0.317 e. The highest BCUT2D eigenvalue weighted by Gasteiger charge is 2.57. The number of ether oxygens (including phenoxy) is 2. The topological polar surface area (TPSA) is 89.9 Å². The molecule has 6 nitrogen and oxygen atoms in total. The average molecular weight is 461 g/mol. The van der Waals surface area contributed by atoms with Crippen molar-refractivity contribution in [2.24, 2.45) is 11.8 Å². The summed E-state index contributed by atoms with van der Waals surface area (Å²) < 4.78 is 11.2. The molecule has 1 aromatic carbocycles. The second-order valence-corrected chi connectivity index (χ2v) is 12.4. The molecule has 1 aliphatic rings. The third-order valence-electron chi connectivity index (χ3n) is 5.75. The summed E-state index contributed by atoms with van der Waals surface area (Å²) in [6.07, 6.45) is -0.336. The first kappa shape index (κ1) is 27.0. The van der Waals surface area contributed by atoms with Gasteiger partial charge in [-0.25, -0.2) is 0 Å². The van der Waals surface area contributed by atoms with E-state index in [1.807, 2.05) is 24.3 Å². The van der Waals surface area contributed by atoms with Gasteiger partial charge in [-0.2, -0.15) is 0 Å². The standard InChI is InChI=1S/C27H40O6/c1-24(2,3)17-13-11-16(12-14-17)19-20(22(29)32-25(4,5)6)18(28)15-27(10,31)21(19)23(30)33-26(7,8)9/h11-14,19-21,31H,15H2,1-10H3/t19-,20+,21+,27-/m0/s1. The van der Waals surface area contributed by atoms with Crippen molar-refractivity contribution in [2.75, 3.05) is 0 Å². The molecule has 0 bridgehead atoms. The first-order valence-electron chi connectivity index (χ1n) is 11.5. The van der Waals surface area contributed by atoms with Crippen LogP contribution in [-0.2, 0) is 29.3 Å². The molecule has 1 saturated carbocycles. The van der Waals surface area contributed by atoms with Crippen molar-refractivity contribution >= 4 is 17.7 Å². The van der Waals surface area contributed by atoms with Crippen LogP contribution in [0.4, 0.5) is 0 Å². The van der Waals surface area contributed by atoms with Gasteiger partial charge >= 0.3 is 11.9 Å². The number of benzene rings is 1. The Balaban J connectivity index is 2.66. The zero-order chi connectivity index (χ0) is 25.6. The molecule has 1 aromatic rings.